The molecule has 6 nitrogen and oxygen atoms in total. The summed E-state index contributed by atoms with van der Waals surface area (Å²) >= 11 is 1.61. The summed E-state index contributed by atoms with van der Waals surface area (Å²) in [5, 5.41) is 4.83. The number of thiophene rings is 1. The normalized spacial score (nSPS) is 11.0. The molecule has 3 aromatic heterocycles. The average molecular weight is 427 g/mol. The summed E-state index contributed by atoms with van der Waals surface area (Å²) in [5.74, 6) is 0.352. The molecule has 5 aromatic rings. The predicted molar refractivity (Wildman–Crippen MR) is 124 cm³/mol. The van der Waals surface area contributed by atoms with Gasteiger partial charge in [-0.1, -0.05) is 36.4 Å². The molecule has 2 N–H and O–H groups in total. The fourth-order valence-corrected chi connectivity index (χ4v) is 4.10. The number of fused-ring (bicyclic) bond motifs is 1. The first-order chi connectivity index (χ1) is 15.2. The highest BCUT2D eigenvalue weighted by atomic mass is 32.1. The summed E-state index contributed by atoms with van der Waals surface area (Å²) in [4.78, 5) is 34.6. The van der Waals surface area contributed by atoms with E-state index in [4.69, 9.17) is 0 Å². The van der Waals surface area contributed by atoms with Crippen LogP contribution in [0.15, 0.2) is 89.2 Å². The van der Waals surface area contributed by atoms with Crippen LogP contribution in [0.3, 0.4) is 0 Å². The van der Waals surface area contributed by atoms with Gasteiger partial charge in [0.2, 0.25) is 0 Å². The van der Waals surface area contributed by atoms with Gasteiger partial charge in [-0.25, -0.2) is 4.98 Å². The van der Waals surface area contributed by atoms with Crippen molar-refractivity contribution in [1.29, 1.82) is 0 Å². The number of aromatic amines is 1. The van der Waals surface area contributed by atoms with Crippen LogP contribution in [0, 0.1) is 0 Å². The van der Waals surface area contributed by atoms with E-state index in [-0.39, 0.29) is 11.1 Å². The van der Waals surface area contributed by atoms with Gasteiger partial charge in [-0.15, -0.1) is 11.3 Å². The molecular weight excluding hydrogens is 408 g/mol. The number of nitrogens with one attached hydrogen (secondary N) is 2. The van der Waals surface area contributed by atoms with E-state index in [0.717, 1.165) is 27.3 Å². The minimum absolute atomic E-state index is 0.0995. The average Bonchev–Trinajstić information content (AvgIpc) is 3.45. The summed E-state index contributed by atoms with van der Waals surface area (Å²) in [7, 11) is 0. The van der Waals surface area contributed by atoms with Crippen molar-refractivity contribution in [3.8, 4) is 10.7 Å². The fraction of sp³-hybridized carbons (Fsp3) is 0.0417. The summed E-state index contributed by atoms with van der Waals surface area (Å²) in [6.45, 7) is 0.409. The highest BCUT2D eigenvalue weighted by Gasteiger charge is 2.14. The maximum absolute atomic E-state index is 12.8. The topological polar surface area (TPSA) is 79.8 Å². The van der Waals surface area contributed by atoms with Crippen molar-refractivity contribution in [2.75, 3.05) is 5.32 Å². The van der Waals surface area contributed by atoms with E-state index in [1.165, 1.54) is 4.57 Å². The standard InChI is InChI=1S/C24H18N4O2S/c29-23(18-8-4-12-28(24(18)30)15-16-6-2-1-3-7-16)25-17-10-11-19-20(14-17)27-22(26-19)21-9-5-13-31-21/h1-14H,15H2,(H,25,29)(H,26,27). The largest absolute Gasteiger partial charge is 0.337 e. The predicted octanol–water partition coefficient (Wildman–Crippen LogP) is 4.75. The van der Waals surface area contributed by atoms with Crippen molar-refractivity contribution in [1.82, 2.24) is 14.5 Å². The van der Waals surface area contributed by atoms with Crippen LogP contribution in [0.5, 0.6) is 0 Å². The molecule has 0 atom stereocenters. The van der Waals surface area contributed by atoms with Crippen LogP contribution in [0.25, 0.3) is 21.7 Å². The van der Waals surface area contributed by atoms with Gasteiger partial charge in [0.25, 0.3) is 11.5 Å². The summed E-state index contributed by atoms with van der Waals surface area (Å²) < 4.78 is 1.54. The highest BCUT2D eigenvalue weighted by Crippen LogP contribution is 2.26. The molecule has 5 rings (SSSR count). The number of nitrogens with zero attached hydrogens (tertiary/aromatic N) is 2. The number of pyridine rings is 1. The van der Waals surface area contributed by atoms with Crippen molar-refractivity contribution in [3.63, 3.8) is 0 Å². The van der Waals surface area contributed by atoms with E-state index in [0.29, 0.717) is 12.2 Å². The third-order valence-corrected chi connectivity index (χ3v) is 5.83. The molecule has 7 heteroatoms. The van der Waals surface area contributed by atoms with Gasteiger partial charge in [-0.2, -0.15) is 0 Å². The van der Waals surface area contributed by atoms with Gasteiger partial charge >= 0.3 is 0 Å². The monoisotopic (exact) mass is 426 g/mol. The zero-order valence-corrected chi connectivity index (χ0v) is 17.2. The molecular formula is C24H18N4O2S. The molecule has 0 spiro atoms. The number of carbonyl (C=O) groups is 1. The number of hydrogen-bond acceptors (Lipinski definition) is 4. The molecule has 0 saturated carbocycles. The van der Waals surface area contributed by atoms with Gasteiger partial charge in [0.05, 0.1) is 22.5 Å². The van der Waals surface area contributed by atoms with E-state index >= 15 is 0 Å². The molecule has 0 bridgehead atoms. The molecule has 0 radical (unpaired) electrons. The second-order valence-electron chi connectivity index (χ2n) is 7.09. The molecule has 0 aliphatic rings. The van der Waals surface area contributed by atoms with Gasteiger partial charge in [-0.3, -0.25) is 9.59 Å². The third-order valence-electron chi connectivity index (χ3n) is 4.95. The quantitative estimate of drug-likeness (QED) is 0.425. The van der Waals surface area contributed by atoms with Gasteiger partial charge in [0, 0.05) is 11.9 Å². The number of carbonyl (C=O) groups excluding carboxylic acids is 1. The molecule has 0 fully saturated rings. The Morgan fingerprint density at radius 2 is 1.90 bits per heavy atom. The lowest BCUT2D eigenvalue weighted by molar-refractivity contribution is 0.102. The Labute approximate surface area is 181 Å². The number of anilines is 1. The Balaban J connectivity index is 1.39. The Morgan fingerprint density at radius 3 is 2.71 bits per heavy atom. The van der Waals surface area contributed by atoms with Gasteiger partial charge in [0.15, 0.2) is 0 Å². The molecule has 31 heavy (non-hydrogen) atoms. The van der Waals surface area contributed by atoms with Crippen LogP contribution in [0.1, 0.15) is 15.9 Å². The number of aromatic nitrogens is 3. The maximum atomic E-state index is 12.8. The number of benzene rings is 2. The molecule has 2 aromatic carbocycles. The zero-order chi connectivity index (χ0) is 21.2. The van der Waals surface area contributed by atoms with E-state index in [2.05, 4.69) is 15.3 Å². The molecule has 0 aliphatic carbocycles. The van der Waals surface area contributed by atoms with Gasteiger partial charge < -0.3 is 14.9 Å². The van der Waals surface area contributed by atoms with Crippen LogP contribution < -0.4 is 10.9 Å². The number of H-pyrrole nitrogens is 1. The molecule has 0 aliphatic heterocycles. The second-order valence-corrected chi connectivity index (χ2v) is 8.04. The Bertz CT molecular complexity index is 1420. The number of amides is 1. The number of hydrogen-bond donors (Lipinski definition) is 2. The van der Waals surface area contributed by atoms with Crippen LogP contribution in [-0.2, 0) is 6.54 Å². The van der Waals surface area contributed by atoms with E-state index < -0.39 is 5.91 Å². The summed E-state index contributed by atoms with van der Waals surface area (Å²) in [6.07, 6.45) is 1.69. The lowest BCUT2D eigenvalue weighted by Gasteiger charge is -2.09. The van der Waals surface area contributed by atoms with Gasteiger partial charge in [0.1, 0.15) is 11.4 Å². The maximum Gasteiger partial charge on any atom is 0.263 e. The van der Waals surface area contributed by atoms with Crippen LogP contribution in [0.4, 0.5) is 5.69 Å². The zero-order valence-electron chi connectivity index (χ0n) is 16.4. The Kier molecular flexibility index (Phi) is 4.93. The summed E-state index contributed by atoms with van der Waals surface area (Å²) in [6, 6.07) is 22.4. The van der Waals surface area contributed by atoms with Crippen LogP contribution in [0.2, 0.25) is 0 Å². The van der Waals surface area contributed by atoms with Crippen LogP contribution >= 0.6 is 11.3 Å². The van der Waals surface area contributed by atoms with Crippen molar-refractivity contribution in [3.05, 3.63) is 106 Å². The second kappa shape index (κ2) is 8.04. The van der Waals surface area contributed by atoms with Gasteiger partial charge in [-0.05, 0) is 47.3 Å². The van der Waals surface area contributed by atoms with Crippen molar-refractivity contribution < 1.29 is 4.79 Å². The minimum Gasteiger partial charge on any atom is -0.337 e. The Hall–Kier alpha value is -3.97. The van der Waals surface area contributed by atoms with Crippen LogP contribution in [-0.4, -0.2) is 20.4 Å². The fourth-order valence-electron chi connectivity index (χ4n) is 3.43. The molecule has 152 valence electrons. The molecule has 0 unspecified atom stereocenters. The minimum atomic E-state index is -0.440. The molecule has 0 saturated heterocycles. The van der Waals surface area contributed by atoms with E-state index in [1.807, 2.05) is 60.0 Å². The lowest BCUT2D eigenvalue weighted by atomic mass is 10.2. The SMILES string of the molecule is O=C(Nc1ccc2nc(-c3cccs3)[nH]c2c1)c1cccn(Cc2ccccc2)c1=O. The Morgan fingerprint density at radius 1 is 1.03 bits per heavy atom. The number of rotatable bonds is 5. The van der Waals surface area contributed by atoms with E-state index in [1.54, 1.807) is 35.7 Å². The van der Waals surface area contributed by atoms with Crippen molar-refractivity contribution >= 4 is 34.0 Å². The first-order valence-corrected chi connectivity index (χ1v) is 10.6. The smallest absolute Gasteiger partial charge is 0.263 e. The molecule has 1 amide bonds. The molecule has 3 heterocycles. The lowest BCUT2D eigenvalue weighted by Crippen LogP contribution is -2.29. The number of imidazole rings is 1. The summed E-state index contributed by atoms with van der Waals surface area (Å²) in [5.41, 5.74) is 2.99. The van der Waals surface area contributed by atoms with E-state index in [9.17, 15) is 9.59 Å². The van der Waals surface area contributed by atoms with Crippen molar-refractivity contribution in [2.24, 2.45) is 0 Å². The highest BCUT2D eigenvalue weighted by molar-refractivity contribution is 7.13. The first-order valence-electron chi connectivity index (χ1n) is 9.76. The first kappa shape index (κ1) is 19.0. The van der Waals surface area contributed by atoms with Crippen molar-refractivity contribution in [2.45, 2.75) is 6.54 Å². The third kappa shape index (κ3) is 3.91.